The number of amides is 3. The van der Waals surface area contributed by atoms with Gasteiger partial charge in [0, 0.05) is 12.8 Å². The van der Waals surface area contributed by atoms with Crippen LogP contribution in [0.4, 0.5) is 5.69 Å². The molecule has 3 amide bonds. The van der Waals surface area contributed by atoms with Crippen molar-refractivity contribution in [3.63, 3.8) is 0 Å². The number of anilines is 1. The van der Waals surface area contributed by atoms with Crippen molar-refractivity contribution in [1.82, 2.24) is 5.32 Å². The second-order valence-corrected chi connectivity index (χ2v) is 7.46. The Balaban J connectivity index is 1.60. The first-order valence-electron chi connectivity index (χ1n) is 9.75. The van der Waals surface area contributed by atoms with Crippen LogP contribution >= 0.6 is 0 Å². The van der Waals surface area contributed by atoms with E-state index in [4.69, 9.17) is 4.74 Å². The molecule has 8 heteroatoms. The molecule has 2 aliphatic rings. The molecule has 29 heavy (non-hydrogen) atoms. The highest BCUT2D eigenvalue weighted by atomic mass is 16.5. The molecular weight excluding hydrogens is 374 g/mol. The predicted octanol–water partition coefficient (Wildman–Crippen LogP) is 2.23. The zero-order valence-electron chi connectivity index (χ0n) is 16.3. The van der Waals surface area contributed by atoms with Crippen molar-refractivity contribution in [1.29, 1.82) is 5.26 Å². The Bertz CT molecular complexity index is 849. The number of benzene rings is 1. The van der Waals surface area contributed by atoms with Crippen LogP contribution in [0.3, 0.4) is 0 Å². The summed E-state index contributed by atoms with van der Waals surface area (Å²) in [5, 5.41) is 12.2. The van der Waals surface area contributed by atoms with E-state index >= 15 is 0 Å². The summed E-state index contributed by atoms with van der Waals surface area (Å²) in [5.41, 5.74) is -0.305. The van der Waals surface area contributed by atoms with Gasteiger partial charge in [-0.05, 0) is 44.0 Å². The van der Waals surface area contributed by atoms with Crippen molar-refractivity contribution < 1.29 is 23.9 Å². The van der Waals surface area contributed by atoms with E-state index < -0.39 is 23.5 Å². The largest absolute Gasteiger partial charge is 0.449 e. The van der Waals surface area contributed by atoms with Crippen LogP contribution in [-0.4, -0.2) is 35.3 Å². The summed E-state index contributed by atoms with van der Waals surface area (Å²) >= 11 is 0. The molecule has 8 nitrogen and oxygen atoms in total. The van der Waals surface area contributed by atoms with Gasteiger partial charge in [-0.3, -0.25) is 19.3 Å². The number of rotatable bonds is 5. The lowest BCUT2D eigenvalue weighted by Gasteiger charge is -2.32. The SMILES string of the molecule is CC(OC(=O)c1ccc(N2C(=O)CCC2=O)cc1)C(=O)NC1(C#N)CCCCC1. The zero-order chi connectivity index (χ0) is 21.0. The summed E-state index contributed by atoms with van der Waals surface area (Å²) < 4.78 is 5.23. The number of nitrogens with one attached hydrogen (secondary N) is 1. The molecule has 0 aromatic heterocycles. The quantitative estimate of drug-likeness (QED) is 0.601. The van der Waals surface area contributed by atoms with Crippen LogP contribution in [0.5, 0.6) is 0 Å². The number of hydrogen-bond donors (Lipinski definition) is 1. The molecule has 1 aliphatic heterocycles. The van der Waals surface area contributed by atoms with Gasteiger partial charge in [0.25, 0.3) is 5.91 Å². The normalized spacial score (nSPS) is 19.4. The van der Waals surface area contributed by atoms with Gasteiger partial charge in [-0.1, -0.05) is 19.3 Å². The van der Waals surface area contributed by atoms with Gasteiger partial charge in [0.1, 0.15) is 5.54 Å². The minimum absolute atomic E-state index is 0.180. The lowest BCUT2D eigenvalue weighted by atomic mass is 9.83. The fraction of sp³-hybridized carbons (Fsp3) is 0.476. The average molecular weight is 397 g/mol. The van der Waals surface area contributed by atoms with Crippen molar-refractivity contribution in [3.05, 3.63) is 29.8 Å². The van der Waals surface area contributed by atoms with E-state index in [-0.39, 0.29) is 30.2 Å². The van der Waals surface area contributed by atoms with Gasteiger partial charge >= 0.3 is 5.97 Å². The first-order valence-corrected chi connectivity index (χ1v) is 9.75. The Morgan fingerprint density at radius 2 is 1.69 bits per heavy atom. The van der Waals surface area contributed by atoms with Gasteiger partial charge in [0.15, 0.2) is 6.10 Å². The van der Waals surface area contributed by atoms with Crippen molar-refractivity contribution in [2.24, 2.45) is 0 Å². The van der Waals surface area contributed by atoms with Crippen molar-refractivity contribution in [3.8, 4) is 6.07 Å². The van der Waals surface area contributed by atoms with Gasteiger partial charge < -0.3 is 10.1 Å². The second-order valence-electron chi connectivity index (χ2n) is 7.46. The van der Waals surface area contributed by atoms with Crippen molar-refractivity contribution in [2.75, 3.05) is 4.90 Å². The molecule has 1 aromatic rings. The van der Waals surface area contributed by atoms with E-state index in [9.17, 15) is 24.4 Å². The van der Waals surface area contributed by atoms with E-state index in [1.807, 2.05) is 0 Å². The third-order valence-corrected chi connectivity index (χ3v) is 5.35. The van der Waals surface area contributed by atoms with E-state index in [0.717, 1.165) is 24.2 Å². The molecule has 1 atom stereocenters. The lowest BCUT2D eigenvalue weighted by Crippen LogP contribution is -2.52. The van der Waals surface area contributed by atoms with Gasteiger partial charge in [-0.2, -0.15) is 5.26 Å². The predicted molar refractivity (Wildman–Crippen MR) is 103 cm³/mol. The summed E-state index contributed by atoms with van der Waals surface area (Å²) in [6.07, 6.45) is 3.26. The summed E-state index contributed by atoms with van der Waals surface area (Å²) in [6, 6.07) is 8.07. The number of esters is 1. The third kappa shape index (κ3) is 4.45. The second kappa shape index (κ2) is 8.43. The molecule has 1 heterocycles. The maximum Gasteiger partial charge on any atom is 0.338 e. The van der Waals surface area contributed by atoms with Gasteiger partial charge in [-0.25, -0.2) is 4.79 Å². The number of carbonyl (C=O) groups excluding carboxylic acids is 4. The molecule has 1 saturated carbocycles. The average Bonchev–Trinajstić information content (AvgIpc) is 3.06. The lowest BCUT2D eigenvalue weighted by molar-refractivity contribution is -0.130. The molecule has 0 spiro atoms. The Morgan fingerprint density at radius 3 is 2.24 bits per heavy atom. The molecule has 1 aromatic carbocycles. The monoisotopic (exact) mass is 397 g/mol. The third-order valence-electron chi connectivity index (χ3n) is 5.35. The Morgan fingerprint density at radius 1 is 1.10 bits per heavy atom. The van der Waals surface area contributed by atoms with Crippen LogP contribution in [0.2, 0.25) is 0 Å². The number of nitrogens with zero attached hydrogens (tertiary/aromatic N) is 2. The van der Waals surface area contributed by atoms with Crippen LogP contribution in [0.25, 0.3) is 0 Å². The van der Waals surface area contributed by atoms with Crippen molar-refractivity contribution >= 4 is 29.4 Å². The van der Waals surface area contributed by atoms with E-state index in [1.165, 1.54) is 31.2 Å². The number of imide groups is 1. The standard InChI is InChI=1S/C21H23N3O5/c1-14(19(27)23-21(13-22)11-3-2-4-12-21)29-20(28)15-5-7-16(8-6-15)24-17(25)9-10-18(24)26/h5-8,14H,2-4,9-12H2,1H3,(H,23,27). The zero-order valence-corrected chi connectivity index (χ0v) is 16.3. The smallest absolute Gasteiger partial charge is 0.338 e. The van der Waals surface area contributed by atoms with Gasteiger partial charge in [0.05, 0.1) is 17.3 Å². The van der Waals surface area contributed by atoms with Crippen LogP contribution < -0.4 is 10.2 Å². The molecular formula is C21H23N3O5. The molecule has 1 N–H and O–H groups in total. The molecule has 0 bridgehead atoms. The fourth-order valence-corrected chi connectivity index (χ4v) is 3.65. The molecule has 152 valence electrons. The topological polar surface area (TPSA) is 117 Å². The van der Waals surface area contributed by atoms with E-state index in [0.29, 0.717) is 18.5 Å². The highest BCUT2D eigenvalue weighted by Crippen LogP contribution is 2.28. The minimum atomic E-state index is -1.06. The number of nitriles is 1. The number of ether oxygens (including phenoxy) is 1. The highest BCUT2D eigenvalue weighted by molar-refractivity contribution is 6.19. The van der Waals surface area contributed by atoms with E-state index in [2.05, 4.69) is 11.4 Å². The Labute approximate surface area is 168 Å². The first-order chi connectivity index (χ1) is 13.8. The number of carbonyl (C=O) groups is 4. The highest BCUT2D eigenvalue weighted by Gasteiger charge is 2.35. The minimum Gasteiger partial charge on any atom is -0.449 e. The summed E-state index contributed by atoms with van der Waals surface area (Å²) in [7, 11) is 0. The maximum absolute atomic E-state index is 12.4. The Hall–Kier alpha value is -3.21. The number of hydrogen-bond acceptors (Lipinski definition) is 6. The fourth-order valence-electron chi connectivity index (χ4n) is 3.65. The first kappa shape index (κ1) is 20.5. The molecule has 1 saturated heterocycles. The molecule has 3 rings (SSSR count). The Kier molecular flexibility index (Phi) is 5.97. The van der Waals surface area contributed by atoms with Crippen molar-refractivity contribution in [2.45, 2.75) is 63.5 Å². The van der Waals surface area contributed by atoms with Crippen LogP contribution in [0, 0.1) is 11.3 Å². The van der Waals surface area contributed by atoms with Gasteiger partial charge in [0.2, 0.25) is 11.8 Å². The van der Waals surface area contributed by atoms with Crippen LogP contribution in [0.15, 0.2) is 24.3 Å². The summed E-state index contributed by atoms with van der Waals surface area (Å²) in [6.45, 7) is 1.46. The molecule has 1 aliphatic carbocycles. The van der Waals surface area contributed by atoms with E-state index in [1.54, 1.807) is 0 Å². The summed E-state index contributed by atoms with van der Waals surface area (Å²) in [5.74, 6) is -1.76. The molecule has 0 radical (unpaired) electrons. The molecule has 2 fully saturated rings. The molecule has 1 unspecified atom stereocenters. The van der Waals surface area contributed by atoms with Gasteiger partial charge in [-0.15, -0.1) is 0 Å². The summed E-state index contributed by atoms with van der Waals surface area (Å²) in [4.78, 5) is 49.4. The van der Waals surface area contributed by atoms with Crippen LogP contribution in [0.1, 0.15) is 62.2 Å². The maximum atomic E-state index is 12.4. The van der Waals surface area contributed by atoms with Crippen LogP contribution in [-0.2, 0) is 19.1 Å².